The van der Waals surface area contributed by atoms with Gasteiger partial charge in [0.2, 0.25) is 19.9 Å². The minimum atomic E-state index is -4.09. The van der Waals surface area contributed by atoms with Crippen LogP contribution in [0.15, 0.2) is 75.1 Å². The second kappa shape index (κ2) is 7.70. The van der Waals surface area contributed by atoms with Gasteiger partial charge in [-0.05, 0) is 12.1 Å². The molecule has 28 heavy (non-hydrogen) atoms. The predicted molar refractivity (Wildman–Crippen MR) is 106 cm³/mol. The molecule has 0 fully saturated rings. The monoisotopic (exact) mass is 438 g/mol. The third-order valence-corrected chi connectivity index (χ3v) is 7.69. The topological polar surface area (TPSA) is 123 Å². The number of hydrogen-bond donors (Lipinski definition) is 1. The van der Waals surface area contributed by atoms with Gasteiger partial charge in [-0.1, -0.05) is 36.4 Å². The van der Waals surface area contributed by atoms with Crippen molar-refractivity contribution in [2.24, 2.45) is 0 Å². The van der Waals surface area contributed by atoms with Crippen LogP contribution in [-0.2, 0) is 25.6 Å². The number of rotatable bonds is 7. The third kappa shape index (κ3) is 4.21. The highest BCUT2D eigenvalue weighted by Gasteiger charge is 2.26. The third-order valence-electron chi connectivity index (χ3n) is 3.77. The first-order valence-electron chi connectivity index (χ1n) is 7.80. The molecule has 0 aliphatic rings. The standard InChI is InChI=1S/C17H14N2O6S3/c20-19(21)16-9-5-4-6-13(16)12-27(22,23)18-15-10-26-11-17(15)28(24,25)14-7-2-1-3-8-14/h1-11,18H,12H2. The number of nitrogens with one attached hydrogen (secondary N) is 1. The molecule has 0 radical (unpaired) electrons. The molecule has 0 atom stereocenters. The van der Waals surface area contributed by atoms with E-state index >= 15 is 0 Å². The summed E-state index contributed by atoms with van der Waals surface area (Å²) in [5, 5.41) is 13.8. The highest BCUT2D eigenvalue weighted by molar-refractivity contribution is 7.93. The Labute approximate surface area is 165 Å². The summed E-state index contributed by atoms with van der Waals surface area (Å²) in [5.74, 6) is -0.662. The lowest BCUT2D eigenvalue weighted by Crippen LogP contribution is -2.17. The summed E-state index contributed by atoms with van der Waals surface area (Å²) in [7, 11) is -8.01. The summed E-state index contributed by atoms with van der Waals surface area (Å²) in [6.07, 6.45) is 0. The Hall–Kier alpha value is -2.76. The van der Waals surface area contributed by atoms with Crippen molar-refractivity contribution in [2.75, 3.05) is 4.72 Å². The molecule has 0 saturated heterocycles. The van der Waals surface area contributed by atoms with E-state index in [-0.39, 0.29) is 26.7 Å². The van der Waals surface area contributed by atoms with Crippen molar-refractivity contribution in [1.29, 1.82) is 0 Å². The summed E-state index contributed by atoms with van der Waals surface area (Å²) in [5.41, 5.74) is -0.412. The first kappa shape index (κ1) is 20.0. The van der Waals surface area contributed by atoms with E-state index in [1.165, 1.54) is 47.2 Å². The van der Waals surface area contributed by atoms with E-state index in [1.54, 1.807) is 18.2 Å². The van der Waals surface area contributed by atoms with Gasteiger partial charge in [-0.2, -0.15) is 0 Å². The first-order valence-corrected chi connectivity index (χ1v) is 11.9. The molecule has 0 amide bonds. The van der Waals surface area contributed by atoms with Gasteiger partial charge < -0.3 is 0 Å². The van der Waals surface area contributed by atoms with E-state index in [0.717, 1.165) is 11.3 Å². The number of nitrogens with zero attached hydrogens (tertiary/aromatic N) is 1. The SMILES string of the molecule is O=[N+]([O-])c1ccccc1CS(=O)(=O)Nc1cscc1S(=O)(=O)c1ccccc1. The number of sulfonamides is 1. The Bertz CT molecular complexity index is 1220. The van der Waals surface area contributed by atoms with Crippen molar-refractivity contribution in [1.82, 2.24) is 0 Å². The Balaban J connectivity index is 1.92. The normalized spacial score (nSPS) is 11.9. The fourth-order valence-electron chi connectivity index (χ4n) is 2.51. The molecule has 1 N–H and O–H groups in total. The van der Waals surface area contributed by atoms with Crippen molar-refractivity contribution in [3.8, 4) is 0 Å². The van der Waals surface area contributed by atoms with Gasteiger partial charge in [-0.25, -0.2) is 16.8 Å². The Morgan fingerprint density at radius 1 is 0.929 bits per heavy atom. The lowest BCUT2D eigenvalue weighted by molar-refractivity contribution is -0.385. The number of anilines is 1. The van der Waals surface area contributed by atoms with Crippen LogP contribution < -0.4 is 4.72 Å². The van der Waals surface area contributed by atoms with Crippen molar-refractivity contribution < 1.29 is 21.8 Å². The van der Waals surface area contributed by atoms with Crippen LogP contribution in [-0.4, -0.2) is 21.8 Å². The second-order valence-corrected chi connectivity index (χ2v) is 10.1. The fraction of sp³-hybridized carbons (Fsp3) is 0.0588. The largest absolute Gasteiger partial charge is 0.281 e. The maximum absolute atomic E-state index is 12.8. The van der Waals surface area contributed by atoms with E-state index in [0.29, 0.717) is 0 Å². The zero-order valence-electron chi connectivity index (χ0n) is 14.2. The van der Waals surface area contributed by atoms with E-state index in [2.05, 4.69) is 4.72 Å². The molecule has 0 saturated carbocycles. The van der Waals surface area contributed by atoms with Crippen molar-refractivity contribution in [3.63, 3.8) is 0 Å². The van der Waals surface area contributed by atoms with E-state index in [1.807, 2.05) is 0 Å². The zero-order chi connectivity index (χ0) is 20.4. The van der Waals surface area contributed by atoms with Gasteiger partial charge in [0.15, 0.2) is 0 Å². The van der Waals surface area contributed by atoms with Gasteiger partial charge in [-0.3, -0.25) is 14.8 Å². The van der Waals surface area contributed by atoms with Gasteiger partial charge >= 0.3 is 0 Å². The quantitative estimate of drug-likeness (QED) is 0.445. The van der Waals surface area contributed by atoms with Crippen LogP contribution in [0.25, 0.3) is 0 Å². The predicted octanol–water partition coefficient (Wildman–Crippen LogP) is 3.43. The molecule has 8 nitrogen and oxygen atoms in total. The number of para-hydroxylation sites is 1. The van der Waals surface area contributed by atoms with Gasteiger partial charge in [0, 0.05) is 22.4 Å². The van der Waals surface area contributed by atoms with Crippen LogP contribution in [0.3, 0.4) is 0 Å². The number of sulfone groups is 1. The maximum atomic E-state index is 12.8. The fourth-order valence-corrected chi connectivity index (χ4v) is 6.44. The van der Waals surface area contributed by atoms with Gasteiger partial charge in [0.05, 0.1) is 15.5 Å². The molecule has 1 aromatic heterocycles. The minimum absolute atomic E-state index is 0.00250. The average Bonchev–Trinajstić information content (AvgIpc) is 3.10. The van der Waals surface area contributed by atoms with Crippen molar-refractivity contribution >= 4 is 42.6 Å². The van der Waals surface area contributed by atoms with Crippen LogP contribution >= 0.6 is 11.3 Å². The second-order valence-electron chi connectivity index (χ2n) is 5.71. The molecule has 0 aliphatic heterocycles. The smallest absolute Gasteiger partial charge is 0.273 e. The van der Waals surface area contributed by atoms with E-state index in [9.17, 15) is 26.9 Å². The molecule has 3 rings (SSSR count). The number of nitro groups is 1. The molecular weight excluding hydrogens is 424 g/mol. The molecule has 146 valence electrons. The molecule has 2 aromatic carbocycles. The van der Waals surface area contributed by atoms with Gasteiger partial charge in [0.25, 0.3) is 5.69 Å². The lowest BCUT2D eigenvalue weighted by atomic mass is 10.2. The Morgan fingerprint density at radius 2 is 1.57 bits per heavy atom. The van der Waals surface area contributed by atoms with E-state index in [4.69, 9.17) is 0 Å². The maximum Gasteiger partial charge on any atom is 0.273 e. The summed E-state index contributed by atoms with van der Waals surface area (Å²) in [6.45, 7) is 0. The van der Waals surface area contributed by atoms with Gasteiger partial charge in [0.1, 0.15) is 10.6 Å². The summed E-state index contributed by atoms with van der Waals surface area (Å²) in [6, 6.07) is 13.1. The number of benzene rings is 2. The van der Waals surface area contributed by atoms with Crippen LogP contribution in [0.2, 0.25) is 0 Å². The van der Waals surface area contributed by atoms with Gasteiger partial charge in [-0.15, -0.1) is 11.3 Å². The molecule has 0 bridgehead atoms. The first-order chi connectivity index (χ1) is 13.2. The molecule has 1 heterocycles. The molecular formula is C17H14N2O6S3. The Kier molecular flexibility index (Phi) is 5.49. The summed E-state index contributed by atoms with van der Waals surface area (Å²) >= 11 is 1.03. The number of hydrogen-bond acceptors (Lipinski definition) is 7. The van der Waals surface area contributed by atoms with Crippen molar-refractivity contribution in [2.45, 2.75) is 15.5 Å². The van der Waals surface area contributed by atoms with Crippen LogP contribution in [0.1, 0.15) is 5.56 Å². The molecule has 0 spiro atoms. The molecule has 3 aromatic rings. The Morgan fingerprint density at radius 3 is 2.25 bits per heavy atom. The zero-order valence-corrected chi connectivity index (χ0v) is 16.6. The summed E-state index contributed by atoms with van der Waals surface area (Å²) < 4.78 is 52.9. The highest BCUT2D eigenvalue weighted by atomic mass is 32.2. The van der Waals surface area contributed by atoms with Crippen LogP contribution in [0.5, 0.6) is 0 Å². The van der Waals surface area contributed by atoms with Crippen molar-refractivity contribution in [3.05, 3.63) is 81.0 Å². The molecule has 0 unspecified atom stereocenters. The van der Waals surface area contributed by atoms with Crippen LogP contribution in [0, 0.1) is 10.1 Å². The number of thiophene rings is 1. The minimum Gasteiger partial charge on any atom is -0.281 e. The van der Waals surface area contributed by atoms with E-state index < -0.39 is 30.5 Å². The number of nitro benzene ring substituents is 1. The van der Waals surface area contributed by atoms with Crippen LogP contribution in [0.4, 0.5) is 11.4 Å². The highest BCUT2D eigenvalue weighted by Crippen LogP contribution is 2.32. The summed E-state index contributed by atoms with van der Waals surface area (Å²) in [4.78, 5) is 10.3. The molecule has 0 aliphatic carbocycles. The lowest BCUT2D eigenvalue weighted by Gasteiger charge is -2.10. The average molecular weight is 439 g/mol. The molecule has 11 heteroatoms.